The van der Waals surface area contributed by atoms with Gasteiger partial charge in [0.1, 0.15) is 11.3 Å². The predicted octanol–water partition coefficient (Wildman–Crippen LogP) is 2.58. The minimum atomic E-state index is -0.725. The van der Waals surface area contributed by atoms with Crippen molar-refractivity contribution in [2.75, 3.05) is 40.5 Å². The molecular weight excluding hydrogens is 426 g/mol. The first-order valence-electron chi connectivity index (χ1n) is 10.4. The van der Waals surface area contributed by atoms with Gasteiger partial charge in [-0.05, 0) is 24.3 Å². The van der Waals surface area contributed by atoms with Crippen LogP contribution in [0.2, 0.25) is 0 Å². The number of para-hydroxylation sites is 1. The summed E-state index contributed by atoms with van der Waals surface area (Å²) in [6.07, 6.45) is 0. The highest BCUT2D eigenvalue weighted by Gasteiger charge is 2.31. The standard InChI is InChI=1S/C24H23N3O6/c1-31-23(29)19-20(25-27(21(19)24(30)32-2)18-6-4-3-5-7-18)16-8-10-17(11-9-16)22(28)26-12-14-33-15-13-26/h3-11H,12-15H2,1-2H3. The Hall–Kier alpha value is -3.98. The van der Waals surface area contributed by atoms with E-state index in [2.05, 4.69) is 5.10 Å². The summed E-state index contributed by atoms with van der Waals surface area (Å²) in [5.41, 5.74) is 1.83. The van der Waals surface area contributed by atoms with Gasteiger partial charge in [0.15, 0.2) is 5.69 Å². The number of amides is 1. The number of hydrogen-bond donors (Lipinski definition) is 0. The number of carbonyl (C=O) groups excluding carboxylic acids is 3. The van der Waals surface area contributed by atoms with E-state index in [1.807, 2.05) is 6.07 Å². The first kappa shape index (κ1) is 22.2. The Kier molecular flexibility index (Phi) is 6.50. The first-order chi connectivity index (χ1) is 16.0. The largest absolute Gasteiger partial charge is 0.465 e. The molecule has 0 N–H and O–H groups in total. The minimum Gasteiger partial charge on any atom is -0.465 e. The second-order valence-electron chi connectivity index (χ2n) is 7.28. The molecule has 1 fully saturated rings. The molecule has 1 aliphatic heterocycles. The van der Waals surface area contributed by atoms with Crippen molar-refractivity contribution in [2.24, 2.45) is 0 Å². The second-order valence-corrected chi connectivity index (χ2v) is 7.28. The van der Waals surface area contributed by atoms with Gasteiger partial charge in [-0.2, -0.15) is 5.10 Å². The lowest BCUT2D eigenvalue weighted by molar-refractivity contribution is 0.0303. The average molecular weight is 449 g/mol. The van der Waals surface area contributed by atoms with Crippen LogP contribution in [0.1, 0.15) is 31.2 Å². The van der Waals surface area contributed by atoms with Crippen LogP contribution in [0.15, 0.2) is 54.6 Å². The Labute approximate surface area is 190 Å². The molecule has 1 amide bonds. The molecule has 33 heavy (non-hydrogen) atoms. The molecule has 1 aromatic heterocycles. The Morgan fingerprint density at radius 3 is 2.12 bits per heavy atom. The van der Waals surface area contributed by atoms with E-state index in [4.69, 9.17) is 14.2 Å². The second kappa shape index (κ2) is 9.66. The van der Waals surface area contributed by atoms with Crippen molar-refractivity contribution in [3.8, 4) is 16.9 Å². The maximum absolute atomic E-state index is 12.8. The van der Waals surface area contributed by atoms with Crippen molar-refractivity contribution in [1.82, 2.24) is 14.7 Å². The van der Waals surface area contributed by atoms with E-state index in [9.17, 15) is 14.4 Å². The fourth-order valence-corrected chi connectivity index (χ4v) is 3.68. The van der Waals surface area contributed by atoms with Crippen molar-refractivity contribution in [3.63, 3.8) is 0 Å². The van der Waals surface area contributed by atoms with Crippen LogP contribution in [0.5, 0.6) is 0 Å². The molecule has 170 valence electrons. The zero-order chi connectivity index (χ0) is 23.4. The van der Waals surface area contributed by atoms with Crippen LogP contribution in [-0.2, 0) is 14.2 Å². The number of esters is 2. The van der Waals surface area contributed by atoms with E-state index in [1.54, 1.807) is 53.4 Å². The molecule has 0 unspecified atom stereocenters. The quantitative estimate of drug-likeness (QED) is 0.552. The van der Waals surface area contributed by atoms with Crippen LogP contribution in [0.4, 0.5) is 0 Å². The third-order valence-electron chi connectivity index (χ3n) is 5.36. The number of carbonyl (C=O) groups is 3. The molecule has 1 saturated heterocycles. The van der Waals surface area contributed by atoms with Gasteiger partial charge in [-0.3, -0.25) is 4.79 Å². The minimum absolute atomic E-state index is 0.0135. The summed E-state index contributed by atoms with van der Waals surface area (Å²) in [7, 11) is 2.47. The highest BCUT2D eigenvalue weighted by atomic mass is 16.5. The molecule has 0 spiro atoms. The van der Waals surface area contributed by atoms with Gasteiger partial charge in [0, 0.05) is 24.2 Å². The molecule has 3 aromatic rings. The third kappa shape index (κ3) is 4.35. The monoisotopic (exact) mass is 449 g/mol. The van der Waals surface area contributed by atoms with E-state index in [0.29, 0.717) is 43.1 Å². The Morgan fingerprint density at radius 1 is 0.879 bits per heavy atom. The molecule has 0 bridgehead atoms. The lowest BCUT2D eigenvalue weighted by atomic mass is 10.0. The van der Waals surface area contributed by atoms with Gasteiger partial charge in [-0.15, -0.1) is 0 Å². The zero-order valence-electron chi connectivity index (χ0n) is 18.3. The molecule has 9 nitrogen and oxygen atoms in total. The van der Waals surface area contributed by atoms with Crippen LogP contribution in [0.25, 0.3) is 16.9 Å². The van der Waals surface area contributed by atoms with Crippen LogP contribution < -0.4 is 0 Å². The summed E-state index contributed by atoms with van der Waals surface area (Å²) >= 11 is 0. The van der Waals surface area contributed by atoms with Crippen molar-refractivity contribution >= 4 is 17.8 Å². The third-order valence-corrected chi connectivity index (χ3v) is 5.36. The van der Waals surface area contributed by atoms with E-state index >= 15 is 0 Å². The van der Waals surface area contributed by atoms with Crippen LogP contribution in [0, 0.1) is 0 Å². The summed E-state index contributed by atoms with van der Waals surface area (Å²) in [6, 6.07) is 15.7. The number of hydrogen-bond acceptors (Lipinski definition) is 7. The molecule has 0 aliphatic carbocycles. The van der Waals surface area contributed by atoms with Gasteiger partial charge in [-0.25, -0.2) is 14.3 Å². The Bertz CT molecular complexity index is 1160. The van der Waals surface area contributed by atoms with Crippen LogP contribution in [0.3, 0.4) is 0 Å². The summed E-state index contributed by atoms with van der Waals surface area (Å²) < 4.78 is 16.5. The summed E-state index contributed by atoms with van der Waals surface area (Å²) in [5, 5.41) is 4.56. The van der Waals surface area contributed by atoms with Crippen LogP contribution in [-0.4, -0.2) is 73.0 Å². The van der Waals surface area contributed by atoms with E-state index < -0.39 is 11.9 Å². The predicted molar refractivity (Wildman–Crippen MR) is 118 cm³/mol. The molecule has 1 aliphatic rings. The van der Waals surface area contributed by atoms with Crippen molar-refractivity contribution in [1.29, 1.82) is 0 Å². The Morgan fingerprint density at radius 2 is 1.52 bits per heavy atom. The lowest BCUT2D eigenvalue weighted by Gasteiger charge is -2.26. The number of nitrogens with zero attached hydrogens (tertiary/aromatic N) is 3. The zero-order valence-corrected chi connectivity index (χ0v) is 18.3. The fourth-order valence-electron chi connectivity index (χ4n) is 3.68. The number of benzene rings is 2. The maximum Gasteiger partial charge on any atom is 0.357 e. The highest BCUT2D eigenvalue weighted by molar-refractivity contribution is 6.07. The first-order valence-corrected chi connectivity index (χ1v) is 10.4. The van der Waals surface area contributed by atoms with Crippen LogP contribution >= 0.6 is 0 Å². The molecule has 0 atom stereocenters. The van der Waals surface area contributed by atoms with Crippen molar-refractivity contribution in [3.05, 3.63) is 71.4 Å². The van der Waals surface area contributed by atoms with Gasteiger partial charge >= 0.3 is 11.9 Å². The van der Waals surface area contributed by atoms with Gasteiger partial charge in [0.25, 0.3) is 5.91 Å². The average Bonchev–Trinajstić information content (AvgIpc) is 3.29. The van der Waals surface area contributed by atoms with E-state index in [0.717, 1.165) is 0 Å². The highest BCUT2D eigenvalue weighted by Crippen LogP contribution is 2.29. The van der Waals surface area contributed by atoms with Gasteiger partial charge in [0.2, 0.25) is 0 Å². The molecule has 2 aromatic carbocycles. The summed E-state index contributed by atoms with van der Waals surface area (Å²) in [6.45, 7) is 2.10. The maximum atomic E-state index is 12.8. The smallest absolute Gasteiger partial charge is 0.357 e. The lowest BCUT2D eigenvalue weighted by Crippen LogP contribution is -2.40. The SMILES string of the molecule is COC(=O)c1c(-c2ccc(C(=O)N3CCOCC3)cc2)nn(-c2ccccc2)c1C(=O)OC. The van der Waals surface area contributed by atoms with Gasteiger partial charge in [0.05, 0.1) is 33.1 Å². The summed E-state index contributed by atoms with van der Waals surface area (Å²) in [5.74, 6) is -1.54. The molecule has 0 radical (unpaired) electrons. The molecule has 4 rings (SSSR count). The molecular formula is C24H23N3O6. The fraction of sp³-hybridized carbons (Fsp3) is 0.250. The molecule has 0 saturated carbocycles. The number of aromatic nitrogens is 2. The number of rotatable bonds is 5. The number of morpholine rings is 1. The van der Waals surface area contributed by atoms with Crippen molar-refractivity contribution in [2.45, 2.75) is 0 Å². The molecule has 2 heterocycles. The number of methoxy groups -OCH3 is 2. The normalized spacial score (nSPS) is 13.5. The van der Waals surface area contributed by atoms with E-state index in [1.165, 1.54) is 18.9 Å². The van der Waals surface area contributed by atoms with Gasteiger partial charge in [-0.1, -0.05) is 30.3 Å². The molecule has 9 heteroatoms. The van der Waals surface area contributed by atoms with Gasteiger partial charge < -0.3 is 19.1 Å². The summed E-state index contributed by atoms with van der Waals surface area (Å²) in [4.78, 5) is 39.9. The Balaban J connectivity index is 1.80. The topological polar surface area (TPSA) is 100.0 Å². The van der Waals surface area contributed by atoms with Crippen molar-refractivity contribution < 1.29 is 28.6 Å². The number of ether oxygens (including phenoxy) is 3. The van der Waals surface area contributed by atoms with E-state index in [-0.39, 0.29) is 22.9 Å².